The number of anilines is 1. The van der Waals surface area contributed by atoms with Gasteiger partial charge in [-0.1, -0.05) is 30.3 Å². The largest absolute Gasteiger partial charge is 0.462 e. The van der Waals surface area contributed by atoms with Gasteiger partial charge in [0.15, 0.2) is 5.11 Å². The number of benzene rings is 1. The van der Waals surface area contributed by atoms with Gasteiger partial charge in [-0.15, -0.1) is 11.3 Å². The van der Waals surface area contributed by atoms with Crippen LogP contribution in [0.15, 0.2) is 30.3 Å². The molecule has 0 spiro atoms. The predicted molar refractivity (Wildman–Crippen MR) is 111 cm³/mol. The molecule has 7 heteroatoms. The maximum absolute atomic E-state index is 12.5. The quantitative estimate of drug-likeness (QED) is 0.587. The Balaban J connectivity index is 1.70. The molecule has 2 aromatic rings. The number of thiocarbonyl (C=S) groups is 1. The molecule has 0 atom stereocenters. The summed E-state index contributed by atoms with van der Waals surface area (Å²) in [5.41, 5.74) is 2.54. The third kappa shape index (κ3) is 4.93. The zero-order valence-corrected chi connectivity index (χ0v) is 16.8. The van der Waals surface area contributed by atoms with E-state index in [4.69, 9.17) is 17.0 Å². The normalized spacial score (nSPS) is 12.8. The fourth-order valence-corrected chi connectivity index (χ4v) is 4.72. The smallest absolute Gasteiger partial charge is 0.341 e. The Labute approximate surface area is 168 Å². The molecule has 0 unspecified atom stereocenters. The van der Waals surface area contributed by atoms with Gasteiger partial charge in [-0.3, -0.25) is 4.79 Å². The first-order chi connectivity index (χ1) is 13.1. The summed E-state index contributed by atoms with van der Waals surface area (Å²) in [5.74, 6) is -0.532. The lowest BCUT2D eigenvalue weighted by molar-refractivity contribution is -0.119. The van der Waals surface area contributed by atoms with Crippen molar-refractivity contribution in [3.8, 4) is 0 Å². The number of hydrogen-bond donors (Lipinski definition) is 2. The van der Waals surface area contributed by atoms with Gasteiger partial charge in [0.1, 0.15) is 5.00 Å². The summed E-state index contributed by atoms with van der Waals surface area (Å²) in [6.45, 7) is 2.11. The van der Waals surface area contributed by atoms with Crippen molar-refractivity contribution in [2.24, 2.45) is 0 Å². The highest BCUT2D eigenvalue weighted by molar-refractivity contribution is 7.80. The Hall–Kier alpha value is -2.25. The van der Waals surface area contributed by atoms with Crippen molar-refractivity contribution in [1.82, 2.24) is 5.32 Å². The molecular weight excluding hydrogens is 380 g/mol. The number of fused-ring (bicyclic) bond motifs is 1. The lowest BCUT2D eigenvalue weighted by atomic mass is 9.95. The van der Waals surface area contributed by atoms with Crippen molar-refractivity contribution in [2.45, 2.75) is 39.0 Å². The van der Waals surface area contributed by atoms with Crippen LogP contribution in [-0.4, -0.2) is 23.6 Å². The number of amides is 1. The molecule has 1 heterocycles. The highest BCUT2D eigenvalue weighted by atomic mass is 32.1. The first-order valence-electron chi connectivity index (χ1n) is 9.05. The summed E-state index contributed by atoms with van der Waals surface area (Å²) in [6, 6.07) is 9.47. The molecule has 0 aliphatic heterocycles. The van der Waals surface area contributed by atoms with E-state index >= 15 is 0 Å². The number of ether oxygens (including phenoxy) is 1. The van der Waals surface area contributed by atoms with Gasteiger partial charge >= 0.3 is 5.97 Å². The van der Waals surface area contributed by atoms with E-state index in [2.05, 4.69) is 10.6 Å². The molecule has 3 rings (SSSR count). The van der Waals surface area contributed by atoms with E-state index in [0.717, 1.165) is 36.8 Å². The lowest BCUT2D eigenvalue weighted by Crippen LogP contribution is -2.35. The first kappa shape index (κ1) is 19.5. The number of thiophene rings is 1. The fourth-order valence-electron chi connectivity index (χ4n) is 3.16. The second-order valence-corrected chi connectivity index (χ2v) is 7.81. The van der Waals surface area contributed by atoms with E-state index in [1.807, 2.05) is 30.3 Å². The Morgan fingerprint density at radius 3 is 2.67 bits per heavy atom. The zero-order valence-electron chi connectivity index (χ0n) is 15.2. The minimum Gasteiger partial charge on any atom is -0.462 e. The first-order valence-corrected chi connectivity index (χ1v) is 10.3. The SMILES string of the molecule is CCOC(=O)c1c(NC(=S)NC(=O)Cc2ccccc2)sc2c1CCCC2. The van der Waals surface area contributed by atoms with Crippen molar-refractivity contribution in [3.63, 3.8) is 0 Å². The second kappa shape index (κ2) is 9.10. The number of aryl methyl sites for hydroxylation is 1. The van der Waals surface area contributed by atoms with E-state index in [-0.39, 0.29) is 23.4 Å². The molecular formula is C20H22N2O3S2. The molecule has 0 saturated carbocycles. The molecule has 1 aliphatic rings. The van der Waals surface area contributed by atoms with Crippen molar-refractivity contribution >= 4 is 45.5 Å². The molecule has 0 radical (unpaired) electrons. The lowest BCUT2D eigenvalue weighted by Gasteiger charge is -2.13. The van der Waals surface area contributed by atoms with Crippen LogP contribution in [0.2, 0.25) is 0 Å². The van der Waals surface area contributed by atoms with Crippen LogP contribution in [0.1, 0.15) is 46.1 Å². The molecule has 5 nitrogen and oxygen atoms in total. The molecule has 1 amide bonds. The molecule has 0 fully saturated rings. The topological polar surface area (TPSA) is 67.4 Å². The number of hydrogen-bond acceptors (Lipinski definition) is 5. The molecule has 0 saturated heterocycles. The Morgan fingerprint density at radius 2 is 1.93 bits per heavy atom. The van der Waals surface area contributed by atoms with Gasteiger partial charge in [0.05, 0.1) is 18.6 Å². The molecule has 2 N–H and O–H groups in total. The summed E-state index contributed by atoms with van der Waals surface area (Å²) in [4.78, 5) is 25.9. The molecule has 1 aliphatic carbocycles. The zero-order chi connectivity index (χ0) is 19.2. The minimum absolute atomic E-state index is 0.195. The van der Waals surface area contributed by atoms with E-state index in [0.29, 0.717) is 17.2 Å². The number of nitrogens with one attached hydrogen (secondary N) is 2. The van der Waals surface area contributed by atoms with Crippen LogP contribution in [0.4, 0.5) is 5.00 Å². The van der Waals surface area contributed by atoms with Gasteiger partial charge in [0.25, 0.3) is 0 Å². The van der Waals surface area contributed by atoms with Gasteiger partial charge in [-0.2, -0.15) is 0 Å². The average molecular weight is 403 g/mol. The van der Waals surface area contributed by atoms with Crippen molar-refractivity contribution < 1.29 is 14.3 Å². The summed E-state index contributed by atoms with van der Waals surface area (Å²) in [7, 11) is 0. The van der Waals surface area contributed by atoms with Crippen LogP contribution < -0.4 is 10.6 Å². The summed E-state index contributed by atoms with van der Waals surface area (Å²) < 4.78 is 5.23. The predicted octanol–water partition coefficient (Wildman–Crippen LogP) is 3.86. The number of carbonyl (C=O) groups excluding carboxylic acids is 2. The summed E-state index contributed by atoms with van der Waals surface area (Å²) >= 11 is 6.82. The Bertz CT molecular complexity index is 846. The van der Waals surface area contributed by atoms with Crippen molar-refractivity contribution in [2.75, 3.05) is 11.9 Å². The van der Waals surface area contributed by atoms with Crippen LogP contribution in [0.25, 0.3) is 0 Å². The van der Waals surface area contributed by atoms with Gasteiger partial charge in [-0.05, 0) is 56.0 Å². The van der Waals surface area contributed by atoms with Gasteiger partial charge in [0.2, 0.25) is 5.91 Å². The maximum atomic E-state index is 12.5. The standard InChI is InChI=1S/C20H22N2O3S2/c1-2-25-19(24)17-14-10-6-7-11-15(14)27-18(17)22-20(26)21-16(23)12-13-8-4-3-5-9-13/h3-5,8-9H,2,6-7,10-12H2,1H3,(H2,21,22,23,26). The van der Waals surface area contributed by atoms with Crippen LogP contribution in [0, 0.1) is 0 Å². The van der Waals surface area contributed by atoms with E-state index in [1.54, 1.807) is 6.92 Å². The third-order valence-corrected chi connectivity index (χ3v) is 5.75. The van der Waals surface area contributed by atoms with Gasteiger partial charge in [-0.25, -0.2) is 4.79 Å². The number of carbonyl (C=O) groups is 2. The summed E-state index contributed by atoms with van der Waals surface area (Å²) in [6.07, 6.45) is 4.26. The van der Waals surface area contributed by atoms with Crippen LogP contribution in [0.5, 0.6) is 0 Å². The van der Waals surface area contributed by atoms with Crippen LogP contribution >= 0.6 is 23.6 Å². The Morgan fingerprint density at radius 1 is 1.19 bits per heavy atom. The minimum atomic E-state index is -0.335. The molecule has 27 heavy (non-hydrogen) atoms. The van der Waals surface area contributed by atoms with Gasteiger partial charge < -0.3 is 15.4 Å². The van der Waals surface area contributed by atoms with E-state index in [1.165, 1.54) is 16.2 Å². The third-order valence-electron chi connectivity index (χ3n) is 4.34. The molecule has 1 aromatic carbocycles. The Kier molecular flexibility index (Phi) is 6.58. The molecule has 142 valence electrons. The van der Waals surface area contributed by atoms with Crippen LogP contribution in [0.3, 0.4) is 0 Å². The highest BCUT2D eigenvalue weighted by Gasteiger charge is 2.26. The maximum Gasteiger partial charge on any atom is 0.341 e. The molecule has 1 aromatic heterocycles. The average Bonchev–Trinajstić information content (AvgIpc) is 3.00. The van der Waals surface area contributed by atoms with Crippen molar-refractivity contribution in [3.05, 3.63) is 51.9 Å². The van der Waals surface area contributed by atoms with Gasteiger partial charge in [0, 0.05) is 4.88 Å². The summed E-state index contributed by atoms with van der Waals surface area (Å²) in [5, 5.41) is 6.58. The highest BCUT2D eigenvalue weighted by Crippen LogP contribution is 2.38. The number of esters is 1. The fraction of sp³-hybridized carbons (Fsp3) is 0.350. The van der Waals surface area contributed by atoms with E-state index in [9.17, 15) is 9.59 Å². The van der Waals surface area contributed by atoms with Crippen LogP contribution in [-0.2, 0) is 28.8 Å². The van der Waals surface area contributed by atoms with Crippen molar-refractivity contribution in [1.29, 1.82) is 0 Å². The second-order valence-electron chi connectivity index (χ2n) is 6.30. The number of rotatable bonds is 5. The molecule has 0 bridgehead atoms. The monoisotopic (exact) mass is 402 g/mol. The van der Waals surface area contributed by atoms with E-state index < -0.39 is 0 Å².